The molecule has 0 radical (unpaired) electrons. The Kier molecular flexibility index (Phi) is 5.94. The topological polar surface area (TPSA) is 101 Å². The molecule has 0 aromatic heterocycles. The molecule has 19 heavy (non-hydrogen) atoms. The molecule has 0 heterocycles. The van der Waals surface area contributed by atoms with E-state index in [1.54, 1.807) is 12.1 Å². The molecule has 1 aromatic carbocycles. The van der Waals surface area contributed by atoms with Gasteiger partial charge in [0.2, 0.25) is 15.9 Å². The first kappa shape index (κ1) is 15.6. The van der Waals surface area contributed by atoms with Gasteiger partial charge >= 0.3 is 0 Å². The molecule has 0 spiro atoms. The molecule has 4 N–H and O–H groups in total. The van der Waals surface area contributed by atoms with Crippen LogP contribution in [0.3, 0.4) is 0 Å². The Bertz CT molecular complexity index is 529. The molecule has 1 aromatic rings. The predicted molar refractivity (Wildman–Crippen MR) is 74.2 cm³/mol. The second kappa shape index (κ2) is 7.22. The number of nitrogens with one attached hydrogen (secondary N) is 2. The van der Waals surface area contributed by atoms with Crippen LogP contribution in [0.15, 0.2) is 29.2 Å². The Hall–Kier alpha value is -1.44. The highest BCUT2D eigenvalue weighted by Crippen LogP contribution is 2.15. The van der Waals surface area contributed by atoms with Gasteiger partial charge in [0.15, 0.2) is 0 Å². The van der Waals surface area contributed by atoms with E-state index in [0.29, 0.717) is 12.1 Å². The third-order valence-corrected chi connectivity index (χ3v) is 3.80. The molecule has 0 bridgehead atoms. The van der Waals surface area contributed by atoms with Crippen molar-refractivity contribution in [2.75, 3.05) is 18.4 Å². The van der Waals surface area contributed by atoms with Crippen molar-refractivity contribution in [3.8, 4) is 0 Å². The maximum atomic E-state index is 11.9. The molecule has 106 valence electrons. The Labute approximate surface area is 113 Å². The van der Waals surface area contributed by atoms with E-state index < -0.39 is 10.0 Å². The van der Waals surface area contributed by atoms with E-state index >= 15 is 0 Å². The van der Waals surface area contributed by atoms with Gasteiger partial charge in [-0.25, -0.2) is 13.1 Å². The van der Waals surface area contributed by atoms with Gasteiger partial charge in [0.1, 0.15) is 0 Å². The van der Waals surface area contributed by atoms with Crippen molar-refractivity contribution in [2.45, 2.75) is 24.7 Å². The fourth-order valence-electron chi connectivity index (χ4n) is 1.47. The van der Waals surface area contributed by atoms with E-state index in [1.807, 2.05) is 6.92 Å². The van der Waals surface area contributed by atoms with Gasteiger partial charge in [-0.2, -0.15) is 0 Å². The van der Waals surface area contributed by atoms with Crippen molar-refractivity contribution in [3.05, 3.63) is 24.3 Å². The number of carbonyl (C=O) groups excluding carboxylic acids is 1. The molecule has 1 amide bonds. The summed E-state index contributed by atoms with van der Waals surface area (Å²) in [5.41, 5.74) is 5.73. The predicted octanol–water partition coefficient (Wildman–Crippen LogP) is 0.662. The number of sulfonamides is 1. The lowest BCUT2D eigenvalue weighted by Crippen LogP contribution is -2.29. The van der Waals surface area contributed by atoms with Gasteiger partial charge in [0.05, 0.1) is 4.90 Å². The van der Waals surface area contributed by atoms with Crippen molar-refractivity contribution in [3.63, 3.8) is 0 Å². The Morgan fingerprint density at radius 2 is 2.11 bits per heavy atom. The van der Waals surface area contributed by atoms with Crippen LogP contribution in [-0.4, -0.2) is 27.4 Å². The van der Waals surface area contributed by atoms with E-state index in [4.69, 9.17) is 5.73 Å². The van der Waals surface area contributed by atoms with Gasteiger partial charge in [-0.05, 0) is 24.6 Å². The van der Waals surface area contributed by atoms with Gasteiger partial charge < -0.3 is 11.1 Å². The first-order valence-corrected chi connectivity index (χ1v) is 7.57. The number of amides is 1. The largest absolute Gasteiger partial charge is 0.329 e. The molecule has 0 atom stereocenters. The number of anilines is 1. The second-order valence-electron chi connectivity index (χ2n) is 4.01. The van der Waals surface area contributed by atoms with Crippen molar-refractivity contribution in [1.82, 2.24) is 4.72 Å². The summed E-state index contributed by atoms with van der Waals surface area (Å²) < 4.78 is 26.1. The summed E-state index contributed by atoms with van der Waals surface area (Å²) in [5, 5.41) is 2.66. The summed E-state index contributed by atoms with van der Waals surface area (Å²) >= 11 is 0. The van der Waals surface area contributed by atoms with E-state index in [-0.39, 0.29) is 23.9 Å². The third kappa shape index (κ3) is 4.98. The van der Waals surface area contributed by atoms with Gasteiger partial charge in [-0.15, -0.1) is 0 Å². The van der Waals surface area contributed by atoms with Crippen LogP contribution in [-0.2, 0) is 14.8 Å². The number of carbonyl (C=O) groups is 1. The van der Waals surface area contributed by atoms with Gasteiger partial charge in [-0.3, -0.25) is 4.79 Å². The molecule has 0 aliphatic rings. The number of hydrogen-bond acceptors (Lipinski definition) is 4. The van der Waals surface area contributed by atoms with Gasteiger partial charge in [0, 0.05) is 25.2 Å². The maximum Gasteiger partial charge on any atom is 0.240 e. The van der Waals surface area contributed by atoms with Crippen LogP contribution in [0.1, 0.15) is 19.8 Å². The summed E-state index contributed by atoms with van der Waals surface area (Å²) in [5.74, 6) is -0.132. The first-order chi connectivity index (χ1) is 8.99. The fourth-order valence-corrected chi connectivity index (χ4v) is 2.56. The minimum absolute atomic E-state index is 0.107. The second-order valence-corrected chi connectivity index (χ2v) is 5.78. The maximum absolute atomic E-state index is 11.9. The Morgan fingerprint density at radius 3 is 2.74 bits per heavy atom. The monoisotopic (exact) mass is 285 g/mol. The molecular weight excluding hydrogens is 266 g/mol. The minimum atomic E-state index is -3.57. The number of rotatable bonds is 7. The van der Waals surface area contributed by atoms with E-state index in [0.717, 1.165) is 6.42 Å². The number of hydrogen-bond donors (Lipinski definition) is 3. The molecule has 0 saturated heterocycles. The van der Waals surface area contributed by atoms with Crippen LogP contribution in [0.2, 0.25) is 0 Å². The van der Waals surface area contributed by atoms with Crippen LogP contribution in [0.25, 0.3) is 0 Å². The van der Waals surface area contributed by atoms with Crippen molar-refractivity contribution < 1.29 is 13.2 Å². The molecule has 1 rings (SSSR count). The summed E-state index contributed by atoms with van der Waals surface area (Å²) in [7, 11) is -3.57. The molecular formula is C12H19N3O3S. The smallest absolute Gasteiger partial charge is 0.240 e. The standard InChI is InChI=1S/C12H19N3O3S/c1-2-4-12(16)15-10-5-3-6-11(9-10)19(17,18)14-8-7-13/h3,5-6,9,14H,2,4,7-8,13H2,1H3,(H,15,16). The number of benzene rings is 1. The molecule has 0 aliphatic carbocycles. The zero-order valence-corrected chi connectivity index (χ0v) is 11.7. The zero-order valence-electron chi connectivity index (χ0n) is 10.8. The number of nitrogens with two attached hydrogens (primary N) is 1. The molecule has 0 saturated carbocycles. The molecule has 0 aliphatic heterocycles. The van der Waals surface area contributed by atoms with Crippen LogP contribution in [0.5, 0.6) is 0 Å². The molecule has 7 heteroatoms. The highest BCUT2D eigenvalue weighted by Gasteiger charge is 2.13. The molecule has 6 nitrogen and oxygen atoms in total. The van der Waals surface area contributed by atoms with E-state index in [9.17, 15) is 13.2 Å². The quantitative estimate of drug-likeness (QED) is 0.685. The van der Waals surface area contributed by atoms with Crippen molar-refractivity contribution in [2.24, 2.45) is 5.73 Å². The van der Waals surface area contributed by atoms with E-state index in [1.165, 1.54) is 12.1 Å². The van der Waals surface area contributed by atoms with Crippen LogP contribution >= 0.6 is 0 Å². The SMILES string of the molecule is CCCC(=O)Nc1cccc(S(=O)(=O)NCCN)c1. The van der Waals surface area contributed by atoms with Crippen LogP contribution in [0, 0.1) is 0 Å². The summed E-state index contributed by atoms with van der Waals surface area (Å²) in [6, 6.07) is 6.12. The Balaban J connectivity index is 2.85. The zero-order chi connectivity index (χ0) is 14.3. The highest BCUT2D eigenvalue weighted by molar-refractivity contribution is 7.89. The third-order valence-electron chi connectivity index (χ3n) is 2.34. The summed E-state index contributed by atoms with van der Waals surface area (Å²) in [4.78, 5) is 11.6. The lowest BCUT2D eigenvalue weighted by Gasteiger charge is -2.08. The van der Waals surface area contributed by atoms with Gasteiger partial charge in [0.25, 0.3) is 0 Å². The van der Waals surface area contributed by atoms with Gasteiger partial charge in [-0.1, -0.05) is 13.0 Å². The average Bonchev–Trinajstić information content (AvgIpc) is 2.37. The first-order valence-electron chi connectivity index (χ1n) is 6.09. The fraction of sp³-hybridized carbons (Fsp3) is 0.417. The van der Waals surface area contributed by atoms with E-state index in [2.05, 4.69) is 10.0 Å². The highest BCUT2D eigenvalue weighted by atomic mass is 32.2. The minimum Gasteiger partial charge on any atom is -0.329 e. The Morgan fingerprint density at radius 1 is 1.37 bits per heavy atom. The van der Waals surface area contributed by atoms with Crippen LogP contribution in [0.4, 0.5) is 5.69 Å². The lowest BCUT2D eigenvalue weighted by atomic mass is 10.3. The van der Waals surface area contributed by atoms with Crippen molar-refractivity contribution >= 4 is 21.6 Å². The van der Waals surface area contributed by atoms with Crippen molar-refractivity contribution in [1.29, 1.82) is 0 Å². The lowest BCUT2D eigenvalue weighted by molar-refractivity contribution is -0.116. The summed E-state index contributed by atoms with van der Waals surface area (Å²) in [6.45, 7) is 2.30. The summed E-state index contributed by atoms with van der Waals surface area (Å²) in [6.07, 6.45) is 1.14. The van der Waals surface area contributed by atoms with Crippen LogP contribution < -0.4 is 15.8 Å². The normalized spacial score (nSPS) is 11.3. The average molecular weight is 285 g/mol. The molecule has 0 fully saturated rings. The molecule has 0 unspecified atom stereocenters.